The van der Waals surface area contributed by atoms with Crippen LogP contribution < -0.4 is 9.47 Å². The van der Waals surface area contributed by atoms with Crippen LogP contribution in [0.1, 0.15) is 5.56 Å². The molecule has 0 heterocycles. The number of ether oxygens (including phenoxy) is 2. The second-order valence-corrected chi connectivity index (χ2v) is 3.67. The molecule has 84 valence electrons. The van der Waals surface area contributed by atoms with E-state index < -0.39 is 5.82 Å². The van der Waals surface area contributed by atoms with E-state index in [9.17, 15) is 4.39 Å². The van der Waals surface area contributed by atoms with Crippen molar-refractivity contribution in [3.63, 3.8) is 0 Å². The molecule has 0 aliphatic carbocycles. The summed E-state index contributed by atoms with van der Waals surface area (Å²) < 4.78 is 23.9. The highest BCUT2D eigenvalue weighted by Gasteiger charge is 2.17. The van der Waals surface area contributed by atoms with Gasteiger partial charge in [-0.25, -0.2) is 4.39 Å². The molecule has 1 rings (SSSR count). The van der Waals surface area contributed by atoms with Crippen LogP contribution in [-0.4, -0.2) is 25.9 Å². The molecule has 15 heavy (non-hydrogen) atoms. The van der Waals surface area contributed by atoms with E-state index in [1.165, 1.54) is 20.3 Å². The highest BCUT2D eigenvalue weighted by molar-refractivity contribution is 9.10. The monoisotopic (exact) mass is 278 g/mol. The van der Waals surface area contributed by atoms with Crippen molar-refractivity contribution in [1.82, 2.24) is 0 Å². The number of benzene rings is 1. The predicted molar refractivity (Wildman–Crippen MR) is 58.0 cm³/mol. The zero-order chi connectivity index (χ0) is 11.4. The van der Waals surface area contributed by atoms with Crippen molar-refractivity contribution in [3.05, 3.63) is 21.9 Å². The Bertz CT molecular complexity index is 355. The van der Waals surface area contributed by atoms with Gasteiger partial charge in [0, 0.05) is 6.61 Å². The molecule has 1 N–H and O–H groups in total. The quantitative estimate of drug-likeness (QED) is 0.917. The Morgan fingerprint density at radius 1 is 1.40 bits per heavy atom. The summed E-state index contributed by atoms with van der Waals surface area (Å²) in [6.45, 7) is -0.112. The van der Waals surface area contributed by atoms with Crippen molar-refractivity contribution in [2.75, 3.05) is 20.8 Å². The Labute approximate surface area is 95.9 Å². The molecule has 1 aromatic rings. The fourth-order valence-corrected chi connectivity index (χ4v) is 1.89. The van der Waals surface area contributed by atoms with Crippen molar-refractivity contribution in [2.24, 2.45) is 0 Å². The number of rotatable bonds is 4. The van der Waals surface area contributed by atoms with Crippen LogP contribution in [0.4, 0.5) is 4.39 Å². The third-order valence-electron chi connectivity index (χ3n) is 2.01. The van der Waals surface area contributed by atoms with Crippen molar-refractivity contribution in [2.45, 2.75) is 6.42 Å². The molecule has 0 aliphatic rings. The predicted octanol–water partition coefficient (Wildman–Crippen LogP) is 2.14. The summed E-state index contributed by atoms with van der Waals surface area (Å²) in [5.74, 6) is 0.326. The smallest absolute Gasteiger partial charge is 0.177 e. The van der Waals surface area contributed by atoms with Crippen LogP contribution in [0, 0.1) is 5.82 Å². The highest BCUT2D eigenvalue weighted by atomic mass is 79.9. The zero-order valence-electron chi connectivity index (χ0n) is 8.51. The van der Waals surface area contributed by atoms with Gasteiger partial charge in [0.15, 0.2) is 11.5 Å². The average Bonchev–Trinajstić information content (AvgIpc) is 2.24. The zero-order valence-corrected chi connectivity index (χ0v) is 10.1. The lowest BCUT2D eigenvalue weighted by atomic mass is 10.1. The van der Waals surface area contributed by atoms with Crippen molar-refractivity contribution < 1.29 is 19.0 Å². The normalized spacial score (nSPS) is 10.2. The van der Waals surface area contributed by atoms with Crippen LogP contribution in [0.5, 0.6) is 11.5 Å². The maximum absolute atomic E-state index is 13.7. The van der Waals surface area contributed by atoms with Crippen LogP contribution in [0.3, 0.4) is 0 Å². The second kappa shape index (κ2) is 5.32. The first kappa shape index (κ1) is 12.3. The van der Waals surface area contributed by atoms with E-state index in [0.29, 0.717) is 17.1 Å². The molecule has 0 saturated heterocycles. The molecule has 0 radical (unpaired) electrons. The number of halogens is 2. The first-order valence-electron chi connectivity index (χ1n) is 4.35. The molecule has 0 saturated carbocycles. The lowest BCUT2D eigenvalue weighted by Crippen LogP contribution is -2.00. The summed E-state index contributed by atoms with van der Waals surface area (Å²) in [6, 6.07) is 1.52. The summed E-state index contributed by atoms with van der Waals surface area (Å²) in [4.78, 5) is 0. The lowest BCUT2D eigenvalue weighted by molar-refractivity contribution is 0.296. The van der Waals surface area contributed by atoms with E-state index in [-0.39, 0.29) is 17.5 Å². The van der Waals surface area contributed by atoms with Gasteiger partial charge in [0.1, 0.15) is 5.82 Å². The van der Waals surface area contributed by atoms with Crippen LogP contribution in [0.15, 0.2) is 10.5 Å². The van der Waals surface area contributed by atoms with Crippen LogP contribution >= 0.6 is 15.9 Å². The van der Waals surface area contributed by atoms with Gasteiger partial charge in [-0.15, -0.1) is 0 Å². The van der Waals surface area contributed by atoms with Gasteiger partial charge in [0.25, 0.3) is 0 Å². The molecule has 0 aromatic heterocycles. The van der Waals surface area contributed by atoms with E-state index in [4.69, 9.17) is 14.6 Å². The minimum Gasteiger partial charge on any atom is -0.493 e. The van der Waals surface area contributed by atoms with Gasteiger partial charge < -0.3 is 14.6 Å². The fraction of sp³-hybridized carbons (Fsp3) is 0.400. The number of methoxy groups -OCH3 is 2. The fourth-order valence-electron chi connectivity index (χ4n) is 1.28. The second-order valence-electron chi connectivity index (χ2n) is 2.87. The number of hydrogen-bond acceptors (Lipinski definition) is 3. The standard InChI is InChI=1S/C10H12BrFO3/c1-14-7-5-6(3-4-13)9(12)8(11)10(7)15-2/h5,13H,3-4H2,1-2H3. The van der Waals surface area contributed by atoms with Crippen LogP contribution in [0.2, 0.25) is 0 Å². The molecular formula is C10H12BrFO3. The van der Waals surface area contributed by atoms with Gasteiger partial charge in [-0.3, -0.25) is 0 Å². The van der Waals surface area contributed by atoms with Crippen molar-refractivity contribution in [1.29, 1.82) is 0 Å². The SMILES string of the molecule is COc1cc(CCO)c(F)c(Br)c1OC. The Kier molecular flexibility index (Phi) is 4.35. The molecule has 5 heteroatoms. The van der Waals surface area contributed by atoms with Crippen molar-refractivity contribution >= 4 is 15.9 Å². The van der Waals surface area contributed by atoms with Crippen molar-refractivity contribution in [3.8, 4) is 11.5 Å². The maximum atomic E-state index is 13.7. The molecule has 0 fully saturated rings. The van der Waals surface area contributed by atoms with Gasteiger partial charge in [-0.1, -0.05) is 0 Å². The van der Waals surface area contributed by atoms with Crippen LogP contribution in [0.25, 0.3) is 0 Å². The lowest BCUT2D eigenvalue weighted by Gasteiger charge is -2.12. The minimum atomic E-state index is -0.429. The Morgan fingerprint density at radius 3 is 2.53 bits per heavy atom. The Hall–Kier alpha value is -0.810. The summed E-state index contributed by atoms with van der Waals surface area (Å²) in [7, 11) is 2.92. The third-order valence-corrected chi connectivity index (χ3v) is 2.72. The van der Waals surface area contributed by atoms with E-state index in [0.717, 1.165) is 0 Å². The minimum absolute atomic E-state index is 0.112. The van der Waals surface area contributed by atoms with Crippen LogP contribution in [-0.2, 0) is 6.42 Å². The summed E-state index contributed by atoms with van der Waals surface area (Å²) in [5.41, 5.74) is 0.391. The topological polar surface area (TPSA) is 38.7 Å². The van der Waals surface area contributed by atoms with E-state index >= 15 is 0 Å². The van der Waals surface area contributed by atoms with Gasteiger partial charge in [-0.2, -0.15) is 0 Å². The third kappa shape index (κ3) is 2.41. The number of aliphatic hydroxyl groups is 1. The molecule has 0 atom stereocenters. The number of hydrogen-bond donors (Lipinski definition) is 1. The average molecular weight is 279 g/mol. The molecule has 0 amide bonds. The highest BCUT2D eigenvalue weighted by Crippen LogP contribution is 2.38. The first-order chi connectivity index (χ1) is 7.15. The molecule has 0 bridgehead atoms. The van der Waals surface area contributed by atoms with E-state index in [1.54, 1.807) is 0 Å². The number of aliphatic hydroxyl groups excluding tert-OH is 1. The van der Waals surface area contributed by atoms with Gasteiger partial charge in [0.2, 0.25) is 0 Å². The van der Waals surface area contributed by atoms with E-state index in [2.05, 4.69) is 15.9 Å². The first-order valence-corrected chi connectivity index (χ1v) is 5.14. The molecule has 0 unspecified atom stereocenters. The van der Waals surface area contributed by atoms with Gasteiger partial charge in [-0.05, 0) is 34.0 Å². The summed E-state index contributed by atoms with van der Waals surface area (Å²) in [6.07, 6.45) is 0.241. The van der Waals surface area contributed by atoms with E-state index in [1.807, 2.05) is 0 Å². The maximum Gasteiger partial charge on any atom is 0.177 e. The molecular weight excluding hydrogens is 267 g/mol. The molecule has 0 aliphatic heterocycles. The molecule has 3 nitrogen and oxygen atoms in total. The summed E-state index contributed by atoms with van der Waals surface area (Å²) in [5, 5.41) is 8.77. The molecule has 1 aromatic carbocycles. The summed E-state index contributed by atoms with van der Waals surface area (Å²) >= 11 is 3.09. The Balaban J connectivity index is 3.29. The largest absolute Gasteiger partial charge is 0.493 e. The van der Waals surface area contributed by atoms with Gasteiger partial charge >= 0.3 is 0 Å². The van der Waals surface area contributed by atoms with Gasteiger partial charge in [0.05, 0.1) is 18.7 Å². The molecule has 0 spiro atoms. The Morgan fingerprint density at radius 2 is 2.07 bits per heavy atom.